The van der Waals surface area contributed by atoms with Gasteiger partial charge in [0.15, 0.2) is 0 Å². The number of aromatic nitrogens is 3. The minimum Gasteiger partial charge on any atom is -0.380 e. The maximum Gasteiger partial charge on any atom is 0.138 e. The molecule has 5 nitrogen and oxygen atoms in total. The van der Waals surface area contributed by atoms with E-state index >= 15 is 0 Å². The van der Waals surface area contributed by atoms with Crippen molar-refractivity contribution >= 4 is 0 Å². The highest BCUT2D eigenvalue weighted by Crippen LogP contribution is 2.36. The highest BCUT2D eigenvalue weighted by atomic mass is 16.5. The Kier molecular flexibility index (Phi) is 4.93. The molecule has 1 heterocycles. The highest BCUT2D eigenvalue weighted by molar-refractivity contribution is 4.97. The maximum atomic E-state index is 5.68. The van der Waals surface area contributed by atoms with Crippen LogP contribution in [0.4, 0.5) is 0 Å². The zero-order chi connectivity index (χ0) is 13.8. The number of nitrogens with zero attached hydrogens (tertiary/aromatic N) is 3. The first-order valence-electron chi connectivity index (χ1n) is 7.22. The summed E-state index contributed by atoms with van der Waals surface area (Å²) < 4.78 is 7.70. The normalized spacial score (nSPS) is 18.8. The molecular formula is C14H26N4O. The summed E-state index contributed by atoms with van der Waals surface area (Å²) >= 11 is 0. The zero-order valence-electron chi connectivity index (χ0n) is 12.5. The van der Waals surface area contributed by atoms with Gasteiger partial charge < -0.3 is 10.1 Å². The first-order valence-corrected chi connectivity index (χ1v) is 7.22. The van der Waals surface area contributed by atoms with E-state index in [4.69, 9.17) is 4.74 Å². The van der Waals surface area contributed by atoms with Gasteiger partial charge in [-0.2, -0.15) is 5.10 Å². The monoisotopic (exact) mass is 266 g/mol. The van der Waals surface area contributed by atoms with Crippen LogP contribution in [-0.2, 0) is 17.7 Å². The average molecular weight is 266 g/mol. The van der Waals surface area contributed by atoms with Gasteiger partial charge in [0.05, 0.1) is 6.10 Å². The predicted octanol–water partition coefficient (Wildman–Crippen LogP) is 1.49. The number of nitrogens with one attached hydrogen (secondary N) is 1. The lowest BCUT2D eigenvalue weighted by molar-refractivity contribution is 0.0525. The Morgan fingerprint density at radius 3 is 2.74 bits per heavy atom. The third-order valence-electron chi connectivity index (χ3n) is 3.76. The predicted molar refractivity (Wildman–Crippen MR) is 74.9 cm³/mol. The quantitative estimate of drug-likeness (QED) is 0.774. The zero-order valence-corrected chi connectivity index (χ0v) is 12.5. The van der Waals surface area contributed by atoms with Gasteiger partial charge in [0.25, 0.3) is 0 Å². The Morgan fingerprint density at radius 1 is 1.47 bits per heavy atom. The number of methoxy groups -OCH3 is 1. The molecule has 0 spiro atoms. The second-order valence-electron chi connectivity index (χ2n) is 5.89. The van der Waals surface area contributed by atoms with Gasteiger partial charge in [0.1, 0.15) is 12.2 Å². The van der Waals surface area contributed by atoms with Crippen LogP contribution in [-0.4, -0.2) is 41.1 Å². The van der Waals surface area contributed by atoms with Crippen molar-refractivity contribution in [3.05, 3.63) is 12.2 Å². The fourth-order valence-corrected chi connectivity index (χ4v) is 2.63. The molecule has 1 aliphatic carbocycles. The van der Waals surface area contributed by atoms with Crippen LogP contribution in [0.25, 0.3) is 0 Å². The van der Waals surface area contributed by atoms with Crippen LogP contribution in [0.5, 0.6) is 0 Å². The third-order valence-corrected chi connectivity index (χ3v) is 3.76. The first-order chi connectivity index (χ1) is 9.15. The van der Waals surface area contributed by atoms with Gasteiger partial charge in [0.2, 0.25) is 0 Å². The summed E-state index contributed by atoms with van der Waals surface area (Å²) in [6, 6.07) is 0.313. The highest BCUT2D eigenvalue weighted by Gasteiger charge is 2.36. The van der Waals surface area contributed by atoms with E-state index in [0.717, 1.165) is 18.8 Å². The van der Waals surface area contributed by atoms with E-state index in [9.17, 15) is 0 Å². The van der Waals surface area contributed by atoms with Crippen molar-refractivity contribution in [3.8, 4) is 0 Å². The van der Waals surface area contributed by atoms with Crippen LogP contribution in [0, 0.1) is 11.8 Å². The summed E-state index contributed by atoms with van der Waals surface area (Å²) in [6.45, 7) is 5.32. The molecule has 5 heteroatoms. The molecule has 0 aliphatic heterocycles. The number of hydrogen-bond acceptors (Lipinski definition) is 4. The van der Waals surface area contributed by atoms with E-state index in [1.54, 1.807) is 6.33 Å². The minimum atomic E-state index is 0.286. The van der Waals surface area contributed by atoms with Gasteiger partial charge in [-0.25, -0.2) is 9.67 Å². The Morgan fingerprint density at radius 2 is 2.21 bits per heavy atom. The second-order valence-corrected chi connectivity index (χ2v) is 5.89. The molecule has 108 valence electrons. The molecule has 1 saturated carbocycles. The van der Waals surface area contributed by atoms with Crippen molar-refractivity contribution in [2.24, 2.45) is 11.8 Å². The van der Waals surface area contributed by atoms with Crippen molar-refractivity contribution < 1.29 is 4.74 Å². The molecule has 1 N–H and O–H groups in total. The van der Waals surface area contributed by atoms with Crippen molar-refractivity contribution in [2.75, 3.05) is 14.2 Å². The molecule has 1 aromatic heterocycles. The number of rotatable bonds is 8. The van der Waals surface area contributed by atoms with Crippen LogP contribution in [0.3, 0.4) is 0 Å². The van der Waals surface area contributed by atoms with E-state index in [1.165, 1.54) is 12.8 Å². The second kappa shape index (κ2) is 6.48. The molecule has 1 fully saturated rings. The number of ether oxygens (including phenoxy) is 1. The third kappa shape index (κ3) is 3.76. The Labute approximate surface area is 115 Å². The number of hydrogen-bond donors (Lipinski definition) is 1. The van der Waals surface area contributed by atoms with Gasteiger partial charge in [-0.15, -0.1) is 0 Å². The summed E-state index contributed by atoms with van der Waals surface area (Å²) in [5.74, 6) is 2.34. The largest absolute Gasteiger partial charge is 0.380 e. The van der Waals surface area contributed by atoms with Gasteiger partial charge in [-0.05, 0) is 31.7 Å². The fraction of sp³-hybridized carbons (Fsp3) is 0.857. The maximum absolute atomic E-state index is 5.68. The van der Waals surface area contributed by atoms with Crippen LogP contribution in [0.1, 0.15) is 32.5 Å². The lowest BCUT2D eigenvalue weighted by Crippen LogP contribution is -2.42. The van der Waals surface area contributed by atoms with Gasteiger partial charge in [-0.1, -0.05) is 13.8 Å². The molecule has 1 aliphatic rings. The van der Waals surface area contributed by atoms with Gasteiger partial charge in [0, 0.05) is 26.1 Å². The van der Waals surface area contributed by atoms with E-state index < -0.39 is 0 Å². The Hall–Kier alpha value is -0.940. The molecule has 2 rings (SSSR count). The Balaban J connectivity index is 2.03. The van der Waals surface area contributed by atoms with Gasteiger partial charge >= 0.3 is 0 Å². The lowest BCUT2D eigenvalue weighted by Gasteiger charge is -2.25. The molecule has 1 aromatic rings. The molecule has 0 saturated heterocycles. The molecule has 19 heavy (non-hydrogen) atoms. The summed E-state index contributed by atoms with van der Waals surface area (Å²) in [4.78, 5) is 4.41. The standard InChI is InChI=1S/C14H26N4O/c1-10(2)8-18-13(16-9-17-18)7-12(15-3)14(19-4)11-5-6-11/h9-12,14-15H,5-8H2,1-4H3. The first kappa shape index (κ1) is 14.5. The fourth-order valence-electron chi connectivity index (χ4n) is 2.63. The van der Waals surface area contributed by atoms with Crippen molar-refractivity contribution in [3.63, 3.8) is 0 Å². The van der Waals surface area contributed by atoms with E-state index in [2.05, 4.69) is 29.2 Å². The van der Waals surface area contributed by atoms with Crippen molar-refractivity contribution in [1.29, 1.82) is 0 Å². The van der Waals surface area contributed by atoms with Crippen LogP contribution in [0.15, 0.2) is 6.33 Å². The SMILES string of the molecule is CNC(Cc1ncnn1CC(C)C)C(OC)C1CC1. The molecule has 0 aromatic carbocycles. The summed E-state index contributed by atoms with van der Waals surface area (Å²) in [6.07, 6.45) is 5.39. The topological polar surface area (TPSA) is 52.0 Å². The molecular weight excluding hydrogens is 240 g/mol. The van der Waals surface area contributed by atoms with Crippen LogP contribution in [0.2, 0.25) is 0 Å². The Bertz CT molecular complexity index is 387. The molecule has 2 atom stereocenters. The van der Waals surface area contributed by atoms with E-state index in [1.807, 2.05) is 18.8 Å². The van der Waals surface area contributed by atoms with E-state index in [-0.39, 0.29) is 6.10 Å². The average Bonchev–Trinajstić information content (AvgIpc) is 3.11. The lowest BCUT2D eigenvalue weighted by atomic mass is 10.0. The molecule has 0 amide bonds. The molecule has 2 unspecified atom stereocenters. The van der Waals surface area contributed by atoms with Crippen molar-refractivity contribution in [2.45, 2.75) is 51.8 Å². The van der Waals surface area contributed by atoms with E-state index in [0.29, 0.717) is 17.9 Å². The molecule has 0 radical (unpaired) electrons. The minimum absolute atomic E-state index is 0.286. The number of likely N-dealkylation sites (N-methyl/N-ethyl adjacent to an activating group) is 1. The van der Waals surface area contributed by atoms with Gasteiger partial charge in [-0.3, -0.25) is 0 Å². The van der Waals surface area contributed by atoms with Crippen molar-refractivity contribution in [1.82, 2.24) is 20.1 Å². The van der Waals surface area contributed by atoms with Crippen LogP contribution >= 0.6 is 0 Å². The summed E-state index contributed by atoms with van der Waals surface area (Å²) in [7, 11) is 3.81. The molecule has 0 bridgehead atoms. The van der Waals surface area contributed by atoms with Crippen LogP contribution < -0.4 is 5.32 Å². The smallest absolute Gasteiger partial charge is 0.138 e. The summed E-state index contributed by atoms with van der Waals surface area (Å²) in [5.41, 5.74) is 0. The summed E-state index contributed by atoms with van der Waals surface area (Å²) in [5, 5.41) is 7.71.